The molecule has 0 aliphatic heterocycles. The maximum absolute atomic E-state index is 13.0. The van der Waals surface area contributed by atoms with Crippen molar-refractivity contribution >= 4 is 34.9 Å². The minimum absolute atomic E-state index is 0.138. The largest absolute Gasteiger partial charge is 0.493 e. The number of nitrogens with one attached hydrogen (secondary N) is 2. The first-order chi connectivity index (χ1) is 14.5. The number of rotatable bonds is 7. The molecule has 0 atom stereocenters. The summed E-state index contributed by atoms with van der Waals surface area (Å²) < 4.78 is 10.5. The smallest absolute Gasteiger partial charge is 0.272 e. The van der Waals surface area contributed by atoms with Crippen molar-refractivity contribution in [2.75, 3.05) is 19.5 Å². The molecular weight excluding hydrogens is 400 g/mol. The molecule has 2 aromatic carbocycles. The van der Waals surface area contributed by atoms with Crippen LogP contribution in [0.3, 0.4) is 0 Å². The number of hydrogen-bond donors (Lipinski definition) is 2. The van der Waals surface area contributed by atoms with E-state index >= 15 is 0 Å². The summed E-state index contributed by atoms with van der Waals surface area (Å²) >= 11 is 1.47. The van der Waals surface area contributed by atoms with Gasteiger partial charge in [-0.2, -0.15) is 0 Å². The van der Waals surface area contributed by atoms with Gasteiger partial charge in [0.05, 0.1) is 14.2 Å². The number of ether oxygens (including phenoxy) is 2. The van der Waals surface area contributed by atoms with E-state index in [4.69, 9.17) is 9.47 Å². The number of benzene rings is 2. The third kappa shape index (κ3) is 5.27. The minimum Gasteiger partial charge on any atom is -0.493 e. The van der Waals surface area contributed by atoms with Crippen LogP contribution >= 0.6 is 11.3 Å². The molecule has 7 heteroatoms. The van der Waals surface area contributed by atoms with Crippen LogP contribution in [0.4, 0.5) is 5.69 Å². The zero-order valence-electron chi connectivity index (χ0n) is 16.9. The van der Waals surface area contributed by atoms with Gasteiger partial charge in [-0.15, -0.1) is 11.3 Å². The van der Waals surface area contributed by atoms with E-state index in [1.165, 1.54) is 18.4 Å². The molecule has 0 saturated heterocycles. The molecule has 30 heavy (non-hydrogen) atoms. The highest BCUT2D eigenvalue weighted by molar-refractivity contribution is 7.10. The van der Waals surface area contributed by atoms with Crippen LogP contribution in [0.5, 0.6) is 11.5 Å². The molecule has 1 aromatic heterocycles. The topological polar surface area (TPSA) is 76.7 Å². The number of aryl methyl sites for hydroxylation is 1. The molecule has 0 aliphatic carbocycles. The number of methoxy groups -OCH3 is 2. The van der Waals surface area contributed by atoms with Crippen LogP contribution in [0.25, 0.3) is 6.08 Å². The quantitative estimate of drug-likeness (QED) is 0.550. The van der Waals surface area contributed by atoms with Crippen molar-refractivity contribution in [3.63, 3.8) is 0 Å². The highest BCUT2D eigenvalue weighted by Crippen LogP contribution is 2.30. The Balaban J connectivity index is 1.85. The van der Waals surface area contributed by atoms with E-state index in [1.54, 1.807) is 49.6 Å². The molecule has 3 aromatic rings. The molecule has 0 unspecified atom stereocenters. The first-order valence-corrected chi connectivity index (χ1v) is 10.0. The molecule has 3 rings (SSSR count). The van der Waals surface area contributed by atoms with Crippen LogP contribution < -0.4 is 20.1 Å². The van der Waals surface area contributed by atoms with E-state index < -0.39 is 5.91 Å². The van der Waals surface area contributed by atoms with E-state index in [0.29, 0.717) is 22.7 Å². The van der Waals surface area contributed by atoms with Crippen molar-refractivity contribution in [1.82, 2.24) is 5.32 Å². The van der Waals surface area contributed by atoms with Crippen molar-refractivity contribution in [2.45, 2.75) is 6.92 Å². The van der Waals surface area contributed by atoms with Crippen molar-refractivity contribution < 1.29 is 19.1 Å². The molecule has 0 saturated carbocycles. The Labute approximate surface area is 179 Å². The molecule has 0 fully saturated rings. The van der Waals surface area contributed by atoms with E-state index in [-0.39, 0.29) is 11.6 Å². The Kier molecular flexibility index (Phi) is 6.87. The Morgan fingerprint density at radius 1 is 0.967 bits per heavy atom. The standard InChI is InChI=1S/C23H22N2O4S/c1-15-6-4-7-16(12-15)22(26)25-19(14-18-8-5-11-30-18)23(27)24-17-9-10-20(28-2)21(13-17)29-3/h4-14H,1-3H3,(H,24,27)(H,25,26)/b19-14-. The lowest BCUT2D eigenvalue weighted by molar-refractivity contribution is -0.113. The van der Waals surface area contributed by atoms with Gasteiger partial charge >= 0.3 is 0 Å². The molecule has 2 N–H and O–H groups in total. The predicted octanol–water partition coefficient (Wildman–Crippen LogP) is 4.48. The van der Waals surface area contributed by atoms with Gasteiger partial charge in [0.1, 0.15) is 5.70 Å². The number of thiophene rings is 1. The summed E-state index contributed by atoms with van der Waals surface area (Å²) in [7, 11) is 3.06. The fraction of sp³-hybridized carbons (Fsp3) is 0.130. The third-order valence-corrected chi connectivity index (χ3v) is 5.06. The maximum atomic E-state index is 13.0. The Bertz CT molecular complexity index is 1070. The second-order valence-corrected chi connectivity index (χ2v) is 7.40. The van der Waals surface area contributed by atoms with Gasteiger partial charge in [0.25, 0.3) is 11.8 Å². The van der Waals surface area contributed by atoms with Crippen LogP contribution in [-0.4, -0.2) is 26.0 Å². The van der Waals surface area contributed by atoms with Crippen LogP contribution in [0, 0.1) is 6.92 Å². The summed E-state index contributed by atoms with van der Waals surface area (Å²) in [6.45, 7) is 1.91. The molecule has 1 heterocycles. The Hall–Kier alpha value is -3.58. The normalized spacial score (nSPS) is 11.0. The van der Waals surface area contributed by atoms with Crippen LogP contribution in [-0.2, 0) is 4.79 Å². The molecule has 0 radical (unpaired) electrons. The highest BCUT2D eigenvalue weighted by Gasteiger charge is 2.16. The van der Waals surface area contributed by atoms with Gasteiger partial charge in [-0.05, 0) is 48.7 Å². The van der Waals surface area contributed by atoms with Gasteiger partial charge in [-0.25, -0.2) is 0 Å². The summed E-state index contributed by atoms with van der Waals surface area (Å²) in [5, 5.41) is 7.43. The van der Waals surface area contributed by atoms with Crippen molar-refractivity contribution in [2.24, 2.45) is 0 Å². The van der Waals surface area contributed by atoms with Crippen LogP contribution in [0.2, 0.25) is 0 Å². The molecule has 6 nitrogen and oxygen atoms in total. The van der Waals surface area contributed by atoms with Gasteiger partial charge in [0.15, 0.2) is 11.5 Å². The first-order valence-electron chi connectivity index (χ1n) is 9.16. The fourth-order valence-corrected chi connectivity index (χ4v) is 3.42. The monoisotopic (exact) mass is 422 g/mol. The molecule has 154 valence electrons. The number of anilines is 1. The lowest BCUT2D eigenvalue weighted by Gasteiger charge is -2.13. The van der Waals surface area contributed by atoms with Gasteiger partial charge in [0.2, 0.25) is 0 Å². The molecule has 0 spiro atoms. The zero-order valence-corrected chi connectivity index (χ0v) is 17.7. The summed E-state index contributed by atoms with van der Waals surface area (Å²) in [6.07, 6.45) is 1.65. The lowest BCUT2D eigenvalue weighted by Crippen LogP contribution is -2.30. The summed E-state index contributed by atoms with van der Waals surface area (Å²) in [5.74, 6) is 0.237. The second-order valence-electron chi connectivity index (χ2n) is 6.42. The summed E-state index contributed by atoms with van der Waals surface area (Å²) in [5.41, 5.74) is 2.09. The van der Waals surface area contributed by atoms with E-state index in [1.807, 2.05) is 30.5 Å². The second kappa shape index (κ2) is 9.76. The number of carbonyl (C=O) groups excluding carboxylic acids is 2. The van der Waals surface area contributed by atoms with E-state index in [0.717, 1.165) is 10.4 Å². The fourth-order valence-electron chi connectivity index (χ4n) is 2.77. The average molecular weight is 423 g/mol. The van der Waals surface area contributed by atoms with E-state index in [2.05, 4.69) is 10.6 Å². The molecular formula is C23H22N2O4S. The maximum Gasteiger partial charge on any atom is 0.272 e. The number of hydrogen-bond acceptors (Lipinski definition) is 5. The Morgan fingerprint density at radius 3 is 2.43 bits per heavy atom. The summed E-state index contributed by atoms with van der Waals surface area (Å²) in [4.78, 5) is 26.5. The van der Waals surface area contributed by atoms with E-state index in [9.17, 15) is 9.59 Å². The van der Waals surface area contributed by atoms with Gasteiger partial charge in [-0.3, -0.25) is 9.59 Å². The summed E-state index contributed by atoms with van der Waals surface area (Å²) in [6, 6.07) is 16.0. The first kappa shape index (κ1) is 21.1. The molecule has 0 bridgehead atoms. The highest BCUT2D eigenvalue weighted by atomic mass is 32.1. The van der Waals surface area contributed by atoms with Crippen LogP contribution in [0.1, 0.15) is 20.8 Å². The van der Waals surface area contributed by atoms with Crippen molar-refractivity contribution in [3.8, 4) is 11.5 Å². The number of carbonyl (C=O) groups is 2. The molecule has 0 aliphatic rings. The van der Waals surface area contributed by atoms with Crippen molar-refractivity contribution in [3.05, 3.63) is 81.7 Å². The average Bonchev–Trinajstić information content (AvgIpc) is 3.26. The molecule has 2 amide bonds. The number of amides is 2. The third-order valence-electron chi connectivity index (χ3n) is 4.24. The Morgan fingerprint density at radius 2 is 1.77 bits per heavy atom. The zero-order chi connectivity index (χ0) is 21.5. The SMILES string of the molecule is COc1ccc(NC(=O)/C(=C/c2cccs2)NC(=O)c2cccc(C)c2)cc1OC. The predicted molar refractivity (Wildman–Crippen MR) is 119 cm³/mol. The van der Waals surface area contributed by atoms with Gasteiger partial charge in [-0.1, -0.05) is 23.8 Å². The van der Waals surface area contributed by atoms with Crippen molar-refractivity contribution in [1.29, 1.82) is 0 Å². The van der Waals surface area contributed by atoms with Gasteiger partial charge in [0, 0.05) is 22.2 Å². The minimum atomic E-state index is -0.448. The lowest BCUT2D eigenvalue weighted by atomic mass is 10.1. The van der Waals surface area contributed by atoms with Gasteiger partial charge < -0.3 is 20.1 Å². The van der Waals surface area contributed by atoms with Crippen LogP contribution in [0.15, 0.2) is 65.7 Å².